The van der Waals surface area contributed by atoms with E-state index in [9.17, 15) is 4.79 Å². The van der Waals surface area contributed by atoms with Crippen molar-refractivity contribution in [1.82, 2.24) is 20.2 Å². The molecule has 1 amide bonds. The van der Waals surface area contributed by atoms with Crippen LogP contribution in [0.15, 0.2) is 42.7 Å². The van der Waals surface area contributed by atoms with Crippen molar-refractivity contribution >= 4 is 5.91 Å². The third-order valence-electron chi connectivity index (χ3n) is 3.12. The van der Waals surface area contributed by atoms with Gasteiger partial charge >= 0.3 is 0 Å². The molecule has 5 heteroatoms. The first-order valence-corrected chi connectivity index (χ1v) is 6.76. The third-order valence-corrected chi connectivity index (χ3v) is 3.12. The molecule has 1 unspecified atom stereocenters. The van der Waals surface area contributed by atoms with E-state index in [-0.39, 0.29) is 18.5 Å². The minimum Gasteiger partial charge on any atom is -0.341 e. The summed E-state index contributed by atoms with van der Waals surface area (Å²) in [6.45, 7) is 3.17. The maximum absolute atomic E-state index is 11.9. The number of carbonyl (C=O) groups is 1. The molecule has 2 N–H and O–H groups in total. The molecule has 1 aromatic heterocycles. The fraction of sp³-hybridized carbons (Fsp3) is 0.333. The molecular formula is C15H20N4O. The molecule has 2 rings (SSSR count). The Hall–Kier alpha value is -2.14. The lowest BCUT2D eigenvalue weighted by Crippen LogP contribution is -2.36. The van der Waals surface area contributed by atoms with Crippen LogP contribution >= 0.6 is 0 Å². The van der Waals surface area contributed by atoms with Crippen LogP contribution in [0.3, 0.4) is 0 Å². The second-order valence-electron chi connectivity index (χ2n) is 4.51. The average molecular weight is 272 g/mol. The van der Waals surface area contributed by atoms with Gasteiger partial charge in [0.2, 0.25) is 5.91 Å². The van der Waals surface area contributed by atoms with Gasteiger partial charge in [0.25, 0.3) is 0 Å². The molecule has 20 heavy (non-hydrogen) atoms. The highest BCUT2D eigenvalue weighted by atomic mass is 16.2. The fourth-order valence-corrected chi connectivity index (χ4v) is 2.16. The first-order chi connectivity index (χ1) is 9.76. The number of nitrogens with one attached hydrogen (secondary N) is 2. The summed E-state index contributed by atoms with van der Waals surface area (Å²) in [7, 11) is 1.75. The molecule has 0 aliphatic heterocycles. The van der Waals surface area contributed by atoms with Gasteiger partial charge in [-0.15, -0.1) is 0 Å². The van der Waals surface area contributed by atoms with Gasteiger partial charge in [-0.05, 0) is 19.5 Å². The van der Waals surface area contributed by atoms with Crippen LogP contribution in [0.1, 0.15) is 24.4 Å². The monoisotopic (exact) mass is 272 g/mol. The lowest BCUT2D eigenvalue weighted by molar-refractivity contribution is -0.120. The number of hydrogen-bond acceptors (Lipinski definition) is 3. The molecule has 0 saturated heterocycles. The minimum absolute atomic E-state index is 0.0491. The van der Waals surface area contributed by atoms with Gasteiger partial charge in [-0.2, -0.15) is 0 Å². The molecule has 1 heterocycles. The molecular weight excluding hydrogens is 252 g/mol. The number of aromatic nitrogens is 2. The van der Waals surface area contributed by atoms with Crippen LogP contribution in [0.25, 0.3) is 0 Å². The van der Waals surface area contributed by atoms with E-state index in [0.717, 1.165) is 17.9 Å². The maximum atomic E-state index is 11.9. The molecule has 5 nitrogen and oxygen atoms in total. The summed E-state index contributed by atoms with van der Waals surface area (Å²) in [5.74, 6) is 0.801. The van der Waals surface area contributed by atoms with Gasteiger partial charge in [0.15, 0.2) is 0 Å². The van der Waals surface area contributed by atoms with Crippen molar-refractivity contribution < 1.29 is 4.79 Å². The molecule has 0 spiro atoms. The number of benzene rings is 1. The van der Waals surface area contributed by atoms with E-state index in [1.54, 1.807) is 13.2 Å². The van der Waals surface area contributed by atoms with E-state index in [0.29, 0.717) is 0 Å². The van der Waals surface area contributed by atoms with Crippen LogP contribution in [-0.4, -0.2) is 29.1 Å². The zero-order valence-electron chi connectivity index (χ0n) is 11.8. The van der Waals surface area contributed by atoms with Crippen LogP contribution in [-0.2, 0) is 11.3 Å². The highest BCUT2D eigenvalue weighted by molar-refractivity contribution is 5.78. The number of rotatable bonds is 6. The Morgan fingerprint density at radius 2 is 2.10 bits per heavy atom. The number of amides is 1. The van der Waals surface area contributed by atoms with Crippen LogP contribution in [0.4, 0.5) is 0 Å². The van der Waals surface area contributed by atoms with Crippen molar-refractivity contribution in [3.05, 3.63) is 54.1 Å². The van der Waals surface area contributed by atoms with E-state index in [1.165, 1.54) is 0 Å². The Balaban J connectivity index is 2.32. The van der Waals surface area contributed by atoms with E-state index < -0.39 is 0 Å². The van der Waals surface area contributed by atoms with Gasteiger partial charge in [-0.3, -0.25) is 4.79 Å². The number of likely N-dealkylation sites (N-methyl/N-ethyl adjacent to an activating group) is 1. The Kier molecular flexibility index (Phi) is 4.90. The predicted octanol–water partition coefficient (Wildman–Crippen LogP) is 1.33. The number of nitrogens with zero attached hydrogens (tertiary/aromatic N) is 2. The first kappa shape index (κ1) is 14.3. The van der Waals surface area contributed by atoms with Crippen molar-refractivity contribution in [3.8, 4) is 0 Å². The SMILES string of the molecule is CCn1ccnc1C(NC(=O)CNC)c1ccccc1. The van der Waals surface area contributed by atoms with Gasteiger partial charge in [0.1, 0.15) is 11.9 Å². The van der Waals surface area contributed by atoms with Crippen molar-refractivity contribution in [2.24, 2.45) is 0 Å². The number of hydrogen-bond donors (Lipinski definition) is 2. The Bertz CT molecular complexity index is 550. The van der Waals surface area contributed by atoms with Gasteiger partial charge in [-0.25, -0.2) is 4.98 Å². The van der Waals surface area contributed by atoms with E-state index in [1.807, 2.05) is 41.1 Å². The normalized spacial score (nSPS) is 12.1. The fourth-order valence-electron chi connectivity index (χ4n) is 2.16. The summed E-state index contributed by atoms with van der Waals surface area (Å²) in [5, 5.41) is 5.89. The first-order valence-electron chi connectivity index (χ1n) is 6.76. The van der Waals surface area contributed by atoms with Crippen molar-refractivity contribution in [2.75, 3.05) is 13.6 Å². The summed E-state index contributed by atoms with van der Waals surface area (Å²) in [6, 6.07) is 9.66. The molecule has 0 saturated carbocycles. The van der Waals surface area contributed by atoms with Gasteiger partial charge < -0.3 is 15.2 Å². The van der Waals surface area contributed by atoms with Crippen LogP contribution < -0.4 is 10.6 Å². The van der Waals surface area contributed by atoms with Gasteiger partial charge in [0, 0.05) is 18.9 Å². The van der Waals surface area contributed by atoms with Crippen molar-refractivity contribution in [2.45, 2.75) is 19.5 Å². The summed E-state index contributed by atoms with van der Waals surface area (Å²) in [5.41, 5.74) is 1.03. The lowest BCUT2D eigenvalue weighted by atomic mass is 10.1. The zero-order chi connectivity index (χ0) is 14.4. The summed E-state index contributed by atoms with van der Waals surface area (Å²) < 4.78 is 2.04. The van der Waals surface area contributed by atoms with E-state index in [4.69, 9.17) is 0 Å². The molecule has 1 aromatic carbocycles. The highest BCUT2D eigenvalue weighted by Gasteiger charge is 2.20. The molecule has 0 aliphatic carbocycles. The van der Waals surface area contributed by atoms with Crippen LogP contribution in [0.5, 0.6) is 0 Å². The molecule has 2 aromatic rings. The zero-order valence-corrected chi connectivity index (χ0v) is 11.8. The summed E-state index contributed by atoms with van der Waals surface area (Å²) in [4.78, 5) is 16.3. The molecule has 0 aliphatic rings. The number of imidazole rings is 1. The van der Waals surface area contributed by atoms with E-state index >= 15 is 0 Å². The molecule has 0 bridgehead atoms. The quantitative estimate of drug-likeness (QED) is 0.834. The van der Waals surface area contributed by atoms with E-state index in [2.05, 4.69) is 22.5 Å². The largest absolute Gasteiger partial charge is 0.341 e. The third kappa shape index (κ3) is 3.24. The standard InChI is InChI=1S/C15H20N4O/c1-3-19-10-9-17-15(19)14(18-13(20)11-16-2)12-7-5-4-6-8-12/h4-10,14,16H,3,11H2,1-2H3,(H,18,20). The topological polar surface area (TPSA) is 59.0 Å². The molecule has 0 fully saturated rings. The highest BCUT2D eigenvalue weighted by Crippen LogP contribution is 2.20. The van der Waals surface area contributed by atoms with Gasteiger partial charge in [-0.1, -0.05) is 30.3 Å². The second kappa shape index (κ2) is 6.86. The average Bonchev–Trinajstić information content (AvgIpc) is 2.94. The lowest BCUT2D eigenvalue weighted by Gasteiger charge is -2.20. The van der Waals surface area contributed by atoms with Crippen molar-refractivity contribution in [3.63, 3.8) is 0 Å². The Morgan fingerprint density at radius 3 is 2.75 bits per heavy atom. The Morgan fingerprint density at radius 1 is 1.35 bits per heavy atom. The van der Waals surface area contributed by atoms with Crippen LogP contribution in [0, 0.1) is 0 Å². The van der Waals surface area contributed by atoms with Gasteiger partial charge in [0.05, 0.1) is 6.54 Å². The maximum Gasteiger partial charge on any atom is 0.234 e. The summed E-state index contributed by atoms with van der Waals surface area (Å²) in [6.07, 6.45) is 3.69. The minimum atomic E-state index is -0.230. The van der Waals surface area contributed by atoms with Crippen LogP contribution in [0.2, 0.25) is 0 Å². The van der Waals surface area contributed by atoms with Crippen molar-refractivity contribution in [1.29, 1.82) is 0 Å². The number of carbonyl (C=O) groups excluding carboxylic acids is 1. The molecule has 106 valence electrons. The smallest absolute Gasteiger partial charge is 0.234 e. The predicted molar refractivity (Wildman–Crippen MR) is 78.3 cm³/mol. The number of aryl methyl sites for hydroxylation is 1. The second-order valence-corrected chi connectivity index (χ2v) is 4.51. The molecule has 1 atom stereocenters. The summed E-state index contributed by atoms with van der Waals surface area (Å²) >= 11 is 0. The Labute approximate surface area is 119 Å². The molecule has 0 radical (unpaired) electrons.